The van der Waals surface area contributed by atoms with Crippen molar-refractivity contribution < 1.29 is 129 Å². The van der Waals surface area contributed by atoms with E-state index in [0.29, 0.717) is 0 Å². The molecular formula is C32H55NO26. The summed E-state index contributed by atoms with van der Waals surface area (Å²) in [5.74, 6) is -0.817. The van der Waals surface area contributed by atoms with E-state index in [4.69, 9.17) is 42.6 Å². The zero-order valence-electron chi connectivity index (χ0n) is 31.2. The van der Waals surface area contributed by atoms with Gasteiger partial charge in [0, 0.05) is 6.92 Å². The molecule has 5 saturated heterocycles. The van der Waals surface area contributed by atoms with Gasteiger partial charge in [-0.15, -0.1) is 0 Å². The predicted molar refractivity (Wildman–Crippen MR) is 178 cm³/mol. The molecule has 0 bridgehead atoms. The molecule has 5 fully saturated rings. The van der Waals surface area contributed by atoms with Gasteiger partial charge in [-0.2, -0.15) is 0 Å². The van der Waals surface area contributed by atoms with Crippen LogP contribution in [0.4, 0.5) is 0 Å². The molecule has 0 aliphatic carbocycles. The fourth-order valence-corrected chi connectivity index (χ4v) is 7.43. The SMILES string of the molecule is CC(=O)N[C@H]1[C@H](O[C@H]2[C@@H](O)[C@@H](CO)O[C@@H](O[C@H]3[C@H](O)[C@@H](O)[C@@H](O)O[C@@H]3CO)[C@@H]2O)O[C@H](CO)[C@@H](O[C@@H]2O[C@H](CO)[C@H](O)[C@H](O[C@@H]3O[C@H](CO)[C@H](O)[C@H](O)[C@H]3O)[C@H]2O)[C@@H]1O. The molecule has 344 valence electrons. The number of ether oxygens (including phenoxy) is 9. The van der Waals surface area contributed by atoms with Gasteiger partial charge in [-0.1, -0.05) is 0 Å². The van der Waals surface area contributed by atoms with Crippen LogP contribution in [0.5, 0.6) is 0 Å². The van der Waals surface area contributed by atoms with Crippen LogP contribution in [0, 0.1) is 0 Å². The monoisotopic (exact) mass is 869 g/mol. The van der Waals surface area contributed by atoms with Gasteiger partial charge in [-0.25, -0.2) is 0 Å². The van der Waals surface area contributed by atoms with Crippen LogP contribution in [-0.2, 0) is 47.4 Å². The smallest absolute Gasteiger partial charge is 0.217 e. The first-order valence-electron chi connectivity index (χ1n) is 18.6. The lowest BCUT2D eigenvalue weighted by molar-refractivity contribution is -0.386. The quantitative estimate of drug-likeness (QED) is 0.0770. The number of aliphatic hydroxyl groups excluding tert-OH is 16. The second-order valence-electron chi connectivity index (χ2n) is 14.7. The largest absolute Gasteiger partial charge is 0.394 e. The molecule has 0 unspecified atom stereocenters. The Bertz CT molecular complexity index is 1320. The van der Waals surface area contributed by atoms with Crippen molar-refractivity contribution in [3.05, 3.63) is 0 Å². The highest BCUT2D eigenvalue weighted by atomic mass is 16.8. The minimum atomic E-state index is -2.09. The van der Waals surface area contributed by atoms with Gasteiger partial charge in [-0.3, -0.25) is 4.79 Å². The minimum absolute atomic E-state index is 0.817. The van der Waals surface area contributed by atoms with Crippen molar-refractivity contribution in [3.63, 3.8) is 0 Å². The van der Waals surface area contributed by atoms with Crippen molar-refractivity contribution in [2.24, 2.45) is 0 Å². The first-order valence-corrected chi connectivity index (χ1v) is 18.6. The normalized spacial score (nSPS) is 51.0. The molecule has 5 aliphatic rings. The zero-order valence-corrected chi connectivity index (χ0v) is 31.2. The maximum atomic E-state index is 12.4. The van der Waals surface area contributed by atoms with Crippen molar-refractivity contribution in [2.75, 3.05) is 33.0 Å². The van der Waals surface area contributed by atoms with E-state index in [-0.39, 0.29) is 0 Å². The van der Waals surface area contributed by atoms with E-state index in [9.17, 15) is 86.5 Å². The Morgan fingerprint density at radius 3 is 1.24 bits per heavy atom. The number of hydrogen-bond acceptors (Lipinski definition) is 26. The summed E-state index contributed by atoms with van der Waals surface area (Å²) in [6, 6.07) is -1.72. The highest BCUT2D eigenvalue weighted by molar-refractivity contribution is 5.73. The van der Waals surface area contributed by atoms with E-state index in [1.54, 1.807) is 0 Å². The van der Waals surface area contributed by atoms with Crippen LogP contribution in [0.25, 0.3) is 0 Å². The highest BCUT2D eigenvalue weighted by Crippen LogP contribution is 2.35. The Labute approximate surface area is 333 Å². The summed E-state index contributed by atoms with van der Waals surface area (Å²) in [6.45, 7) is -3.57. The van der Waals surface area contributed by atoms with Crippen molar-refractivity contribution in [3.8, 4) is 0 Å². The summed E-state index contributed by atoms with van der Waals surface area (Å²) in [5, 5.41) is 169. The van der Waals surface area contributed by atoms with Crippen LogP contribution < -0.4 is 5.32 Å². The van der Waals surface area contributed by atoms with Crippen molar-refractivity contribution >= 4 is 5.91 Å². The molecule has 1 amide bonds. The molecule has 17 N–H and O–H groups in total. The predicted octanol–water partition coefficient (Wildman–Crippen LogP) is -11.8. The second kappa shape index (κ2) is 20.8. The Morgan fingerprint density at radius 1 is 0.407 bits per heavy atom. The molecule has 0 saturated carbocycles. The standard InChI is InChI=1S/C32H55NO26/c1-7(39)33-13-17(43)24(56-31-23(49)27(16(42)10(4-36)53-31)59-30-21(47)18(44)14(40)8(2-34)52-30)12(6-38)55-29(13)58-26-15(41)9(3-35)54-32(22(26)48)57-25-11(5-37)51-28(50)20(46)19(25)45/h8-32,34-38,40-50H,2-6H2,1H3,(H,33,39)/t8-,9-,10-,11-,12-,13-,14+,15+,16+,17-,18+,19-,20-,21-,22-,23-,24-,25-,26+,27+,28+,29+,30+,31+,32+/m1/s1. The van der Waals surface area contributed by atoms with Crippen LogP contribution in [0.15, 0.2) is 0 Å². The molecule has 0 aromatic rings. The minimum Gasteiger partial charge on any atom is -0.394 e. The Balaban J connectivity index is 1.35. The van der Waals surface area contributed by atoms with Gasteiger partial charge in [0.1, 0.15) is 122 Å². The summed E-state index contributed by atoms with van der Waals surface area (Å²) in [6.07, 6.45) is -44.3. The topological polar surface area (TPSA) is 436 Å². The number of hydrogen-bond donors (Lipinski definition) is 17. The first kappa shape index (κ1) is 48.5. The average Bonchev–Trinajstić information content (AvgIpc) is 3.21. The molecule has 0 radical (unpaired) electrons. The number of carbonyl (C=O) groups is 1. The van der Waals surface area contributed by atoms with Crippen LogP contribution in [0.2, 0.25) is 0 Å². The van der Waals surface area contributed by atoms with Crippen LogP contribution in [0.1, 0.15) is 6.92 Å². The Morgan fingerprint density at radius 2 is 0.780 bits per heavy atom. The van der Waals surface area contributed by atoms with Crippen LogP contribution >= 0.6 is 0 Å². The molecule has 0 aromatic heterocycles. The number of rotatable bonds is 14. The van der Waals surface area contributed by atoms with E-state index < -0.39 is 192 Å². The lowest BCUT2D eigenvalue weighted by Crippen LogP contribution is -2.70. The third kappa shape index (κ3) is 10.2. The summed E-state index contributed by atoms with van der Waals surface area (Å²) in [7, 11) is 0. The molecule has 25 atom stereocenters. The summed E-state index contributed by atoms with van der Waals surface area (Å²) in [5.41, 5.74) is 0. The second-order valence-corrected chi connectivity index (χ2v) is 14.7. The van der Waals surface area contributed by atoms with Crippen LogP contribution in [0.3, 0.4) is 0 Å². The van der Waals surface area contributed by atoms with Crippen molar-refractivity contribution in [1.82, 2.24) is 5.32 Å². The molecule has 27 heteroatoms. The van der Waals surface area contributed by atoms with E-state index in [1.165, 1.54) is 0 Å². The highest BCUT2D eigenvalue weighted by Gasteiger charge is 2.57. The molecule has 5 heterocycles. The molecule has 0 spiro atoms. The van der Waals surface area contributed by atoms with Gasteiger partial charge in [0.2, 0.25) is 5.91 Å². The van der Waals surface area contributed by atoms with Crippen molar-refractivity contribution in [2.45, 2.75) is 160 Å². The first-order chi connectivity index (χ1) is 27.9. The number of carbonyl (C=O) groups excluding carboxylic acids is 1. The summed E-state index contributed by atoms with van der Waals surface area (Å²) >= 11 is 0. The maximum Gasteiger partial charge on any atom is 0.217 e. The molecule has 27 nitrogen and oxygen atoms in total. The van der Waals surface area contributed by atoms with Gasteiger partial charge in [0.15, 0.2) is 31.5 Å². The molecular weight excluding hydrogens is 814 g/mol. The summed E-state index contributed by atoms with van der Waals surface area (Å²) in [4.78, 5) is 12.4. The third-order valence-corrected chi connectivity index (χ3v) is 10.7. The lowest BCUT2D eigenvalue weighted by Gasteiger charge is -2.50. The molecule has 59 heavy (non-hydrogen) atoms. The van der Waals surface area contributed by atoms with Gasteiger partial charge < -0.3 is 130 Å². The number of aliphatic hydroxyl groups is 16. The fraction of sp³-hybridized carbons (Fsp3) is 0.969. The molecule has 0 aromatic carbocycles. The molecule has 5 rings (SSSR count). The van der Waals surface area contributed by atoms with Gasteiger partial charge >= 0.3 is 0 Å². The Hall–Kier alpha value is -1.53. The number of amides is 1. The summed E-state index contributed by atoms with van der Waals surface area (Å²) < 4.78 is 50.0. The van der Waals surface area contributed by atoms with E-state index in [2.05, 4.69) is 5.32 Å². The van der Waals surface area contributed by atoms with E-state index in [0.717, 1.165) is 6.92 Å². The third-order valence-electron chi connectivity index (χ3n) is 10.7. The van der Waals surface area contributed by atoms with E-state index in [1.807, 2.05) is 0 Å². The zero-order chi connectivity index (χ0) is 43.6. The average molecular weight is 870 g/mol. The lowest BCUT2D eigenvalue weighted by atomic mass is 9.94. The Kier molecular flexibility index (Phi) is 17.1. The fourth-order valence-electron chi connectivity index (χ4n) is 7.43. The number of nitrogens with one attached hydrogen (secondary N) is 1. The van der Waals surface area contributed by atoms with Crippen molar-refractivity contribution in [1.29, 1.82) is 0 Å². The van der Waals surface area contributed by atoms with Gasteiger partial charge in [0.25, 0.3) is 0 Å². The van der Waals surface area contributed by atoms with E-state index >= 15 is 0 Å². The van der Waals surface area contributed by atoms with Gasteiger partial charge in [0.05, 0.1) is 33.0 Å². The maximum absolute atomic E-state index is 12.4. The van der Waals surface area contributed by atoms with Crippen LogP contribution in [-0.4, -0.2) is 274 Å². The van der Waals surface area contributed by atoms with Gasteiger partial charge in [-0.05, 0) is 0 Å². The molecule has 5 aliphatic heterocycles.